The summed E-state index contributed by atoms with van der Waals surface area (Å²) in [5.41, 5.74) is 0. The van der Waals surface area contributed by atoms with Crippen molar-refractivity contribution in [1.82, 2.24) is 15.1 Å². The van der Waals surface area contributed by atoms with Gasteiger partial charge in [0.1, 0.15) is 0 Å². The van der Waals surface area contributed by atoms with Crippen LogP contribution in [0.25, 0.3) is 0 Å². The van der Waals surface area contributed by atoms with E-state index in [0.29, 0.717) is 21.3 Å². The molecule has 6 heteroatoms. The third-order valence-corrected chi connectivity index (χ3v) is 3.75. The molecule has 1 aliphatic rings. The first-order valence-corrected chi connectivity index (χ1v) is 6.54. The summed E-state index contributed by atoms with van der Waals surface area (Å²) in [4.78, 5) is 13.9. The normalized spacial score (nSPS) is 25.8. The van der Waals surface area contributed by atoms with E-state index >= 15 is 0 Å². The Labute approximate surface area is 104 Å². The number of aromatic nitrogens is 2. The van der Waals surface area contributed by atoms with Crippen molar-refractivity contribution in [3.63, 3.8) is 0 Å². The molecule has 0 aliphatic carbocycles. The Balaban J connectivity index is 2.09. The van der Waals surface area contributed by atoms with Gasteiger partial charge < -0.3 is 4.90 Å². The number of halogens is 1. The molecule has 1 aliphatic heterocycles. The van der Waals surface area contributed by atoms with E-state index in [1.165, 1.54) is 6.42 Å². The minimum absolute atomic E-state index is 0.0391. The minimum atomic E-state index is -0.0391. The average Bonchev–Trinajstić information content (AvgIpc) is 2.62. The first-order valence-electron chi connectivity index (χ1n) is 5.34. The summed E-state index contributed by atoms with van der Waals surface area (Å²) in [5, 5.41) is 7.84. The molecular weight excluding hydrogens is 246 g/mol. The third kappa shape index (κ3) is 2.52. The number of carbonyl (C=O) groups excluding carboxylic acids is 1. The van der Waals surface area contributed by atoms with Crippen LogP contribution in [0, 0.1) is 11.8 Å². The van der Waals surface area contributed by atoms with Gasteiger partial charge in [0, 0.05) is 13.1 Å². The van der Waals surface area contributed by atoms with Crippen LogP contribution in [-0.4, -0.2) is 34.1 Å². The van der Waals surface area contributed by atoms with Gasteiger partial charge in [-0.2, -0.15) is 0 Å². The Morgan fingerprint density at radius 1 is 1.38 bits per heavy atom. The molecule has 1 fully saturated rings. The molecule has 1 aromatic rings. The highest BCUT2D eigenvalue weighted by Crippen LogP contribution is 2.24. The summed E-state index contributed by atoms with van der Waals surface area (Å²) < 4.78 is 0.321. The van der Waals surface area contributed by atoms with Crippen LogP contribution in [0.5, 0.6) is 0 Å². The number of rotatable bonds is 1. The van der Waals surface area contributed by atoms with Crippen molar-refractivity contribution in [3.05, 3.63) is 9.47 Å². The van der Waals surface area contributed by atoms with E-state index in [-0.39, 0.29) is 5.91 Å². The van der Waals surface area contributed by atoms with Crippen molar-refractivity contribution in [2.75, 3.05) is 13.1 Å². The van der Waals surface area contributed by atoms with E-state index in [2.05, 4.69) is 24.0 Å². The number of nitrogens with zero attached hydrogens (tertiary/aromatic N) is 3. The van der Waals surface area contributed by atoms with Gasteiger partial charge in [0.15, 0.2) is 0 Å². The standard InChI is InChI=1S/C10H14ClN3OS/c1-6-3-7(2)5-14(4-6)9(15)8-12-13-10(11)16-8/h6-7H,3-5H2,1-2H3. The number of piperidine rings is 1. The molecule has 0 saturated carbocycles. The fourth-order valence-corrected chi connectivity index (χ4v) is 3.05. The fourth-order valence-electron chi connectivity index (χ4n) is 2.26. The van der Waals surface area contributed by atoms with Crippen molar-refractivity contribution in [3.8, 4) is 0 Å². The second kappa shape index (κ2) is 4.67. The molecule has 0 N–H and O–H groups in total. The second-order valence-electron chi connectivity index (χ2n) is 4.52. The molecule has 2 unspecified atom stereocenters. The van der Waals surface area contributed by atoms with E-state index in [4.69, 9.17) is 11.6 Å². The summed E-state index contributed by atoms with van der Waals surface area (Å²) in [6.45, 7) is 5.95. The van der Waals surface area contributed by atoms with Gasteiger partial charge in [-0.05, 0) is 29.9 Å². The van der Waals surface area contributed by atoms with Crippen molar-refractivity contribution >= 4 is 28.8 Å². The van der Waals surface area contributed by atoms with Gasteiger partial charge in [0.2, 0.25) is 9.47 Å². The van der Waals surface area contributed by atoms with Gasteiger partial charge in [0.05, 0.1) is 0 Å². The summed E-state index contributed by atoms with van der Waals surface area (Å²) in [6, 6.07) is 0. The Morgan fingerprint density at radius 2 is 2.00 bits per heavy atom. The molecule has 0 bridgehead atoms. The molecule has 0 spiro atoms. The maximum Gasteiger partial charge on any atom is 0.284 e. The molecule has 88 valence electrons. The van der Waals surface area contributed by atoms with Gasteiger partial charge in [-0.25, -0.2) is 0 Å². The fraction of sp³-hybridized carbons (Fsp3) is 0.700. The molecule has 1 saturated heterocycles. The summed E-state index contributed by atoms with van der Waals surface area (Å²) in [7, 11) is 0. The average molecular weight is 260 g/mol. The van der Waals surface area contributed by atoms with Crippen LogP contribution in [0.15, 0.2) is 0 Å². The molecule has 16 heavy (non-hydrogen) atoms. The first kappa shape index (κ1) is 11.8. The van der Waals surface area contributed by atoms with Crippen molar-refractivity contribution in [1.29, 1.82) is 0 Å². The van der Waals surface area contributed by atoms with Crippen LogP contribution >= 0.6 is 22.9 Å². The number of carbonyl (C=O) groups is 1. The Bertz CT molecular complexity index is 385. The quantitative estimate of drug-likeness (QED) is 0.778. The molecule has 0 aromatic carbocycles. The van der Waals surface area contributed by atoms with Crippen LogP contribution < -0.4 is 0 Å². The Morgan fingerprint density at radius 3 is 2.50 bits per heavy atom. The van der Waals surface area contributed by atoms with Crippen LogP contribution in [0.3, 0.4) is 0 Å². The zero-order valence-electron chi connectivity index (χ0n) is 9.31. The number of hydrogen-bond donors (Lipinski definition) is 0. The molecule has 1 amide bonds. The highest BCUT2D eigenvalue weighted by Gasteiger charge is 2.27. The molecule has 2 atom stereocenters. The summed E-state index contributed by atoms with van der Waals surface area (Å²) in [5.74, 6) is 1.06. The smallest absolute Gasteiger partial charge is 0.284 e. The minimum Gasteiger partial charge on any atom is -0.336 e. The molecule has 2 heterocycles. The summed E-state index contributed by atoms with van der Waals surface area (Å²) >= 11 is 6.82. The van der Waals surface area contributed by atoms with Crippen LogP contribution in [0.1, 0.15) is 30.1 Å². The lowest BCUT2D eigenvalue weighted by molar-refractivity contribution is 0.0622. The lowest BCUT2D eigenvalue weighted by Gasteiger charge is -2.34. The SMILES string of the molecule is CC1CC(C)CN(C(=O)c2nnc(Cl)s2)C1. The Hall–Kier alpha value is -0.680. The molecule has 0 radical (unpaired) electrons. The maximum absolute atomic E-state index is 12.1. The van der Waals surface area contributed by atoms with Crippen molar-refractivity contribution in [2.45, 2.75) is 20.3 Å². The van der Waals surface area contributed by atoms with Crippen LogP contribution in [-0.2, 0) is 0 Å². The van der Waals surface area contributed by atoms with Gasteiger partial charge in [0.25, 0.3) is 5.91 Å². The van der Waals surface area contributed by atoms with E-state index in [1.54, 1.807) is 0 Å². The lowest BCUT2D eigenvalue weighted by Crippen LogP contribution is -2.42. The van der Waals surface area contributed by atoms with Gasteiger partial charge in [-0.3, -0.25) is 4.79 Å². The maximum atomic E-state index is 12.1. The molecular formula is C10H14ClN3OS. The predicted molar refractivity (Wildman–Crippen MR) is 63.8 cm³/mol. The highest BCUT2D eigenvalue weighted by molar-refractivity contribution is 7.17. The number of likely N-dealkylation sites (tertiary alicyclic amines) is 1. The monoisotopic (exact) mass is 259 g/mol. The highest BCUT2D eigenvalue weighted by atomic mass is 35.5. The first-order chi connectivity index (χ1) is 7.56. The number of amides is 1. The van der Waals surface area contributed by atoms with Crippen molar-refractivity contribution in [2.24, 2.45) is 11.8 Å². The van der Waals surface area contributed by atoms with Gasteiger partial charge >= 0.3 is 0 Å². The van der Waals surface area contributed by atoms with Gasteiger partial charge in [-0.1, -0.05) is 25.2 Å². The largest absolute Gasteiger partial charge is 0.336 e. The van der Waals surface area contributed by atoms with Crippen LogP contribution in [0.4, 0.5) is 0 Å². The summed E-state index contributed by atoms with van der Waals surface area (Å²) in [6.07, 6.45) is 1.18. The molecule has 1 aromatic heterocycles. The van der Waals surface area contributed by atoms with E-state index in [9.17, 15) is 4.79 Å². The number of hydrogen-bond acceptors (Lipinski definition) is 4. The topological polar surface area (TPSA) is 46.1 Å². The zero-order chi connectivity index (χ0) is 11.7. The van der Waals surface area contributed by atoms with Crippen LogP contribution in [0.2, 0.25) is 4.47 Å². The lowest BCUT2D eigenvalue weighted by atomic mass is 9.92. The molecule has 4 nitrogen and oxygen atoms in total. The van der Waals surface area contributed by atoms with Gasteiger partial charge in [-0.15, -0.1) is 10.2 Å². The van der Waals surface area contributed by atoms with E-state index in [0.717, 1.165) is 24.4 Å². The third-order valence-electron chi connectivity index (χ3n) is 2.74. The van der Waals surface area contributed by atoms with E-state index < -0.39 is 0 Å². The second-order valence-corrected chi connectivity index (χ2v) is 6.08. The Kier molecular flexibility index (Phi) is 3.44. The molecule has 2 rings (SSSR count). The van der Waals surface area contributed by atoms with Crippen molar-refractivity contribution < 1.29 is 4.79 Å². The zero-order valence-corrected chi connectivity index (χ0v) is 10.9. The predicted octanol–water partition coefficient (Wildman–Crippen LogP) is 2.31. The van der Waals surface area contributed by atoms with E-state index in [1.807, 2.05) is 4.90 Å².